The summed E-state index contributed by atoms with van der Waals surface area (Å²) in [6.07, 6.45) is 3.26. The molecule has 0 radical (unpaired) electrons. The lowest BCUT2D eigenvalue weighted by atomic mass is 10.2. The standard InChI is InChI=1S/C21H15N5O2S/c1-28-21(27)19-18(23)14(10-22)11-26(19)15-6-4-5-13(9-15)20-25-17(12-29-20)16-7-2-3-8-24-16/h2-9,11-12H,23H2,1H3. The second-order valence-corrected chi connectivity index (χ2v) is 6.94. The summed E-state index contributed by atoms with van der Waals surface area (Å²) in [6, 6.07) is 15.2. The van der Waals surface area contributed by atoms with Gasteiger partial charge in [-0.05, 0) is 24.3 Å². The lowest BCUT2D eigenvalue weighted by molar-refractivity contribution is 0.0593. The van der Waals surface area contributed by atoms with Crippen LogP contribution in [-0.2, 0) is 4.74 Å². The zero-order chi connectivity index (χ0) is 20.4. The van der Waals surface area contributed by atoms with E-state index >= 15 is 0 Å². The molecule has 1 aromatic carbocycles. The number of carbonyl (C=O) groups excluding carboxylic acids is 1. The van der Waals surface area contributed by atoms with Gasteiger partial charge in [0.15, 0.2) is 5.69 Å². The van der Waals surface area contributed by atoms with Crippen LogP contribution in [0.3, 0.4) is 0 Å². The minimum atomic E-state index is -0.610. The molecule has 0 saturated heterocycles. The molecular weight excluding hydrogens is 386 g/mol. The molecule has 0 fully saturated rings. The lowest BCUT2D eigenvalue weighted by Crippen LogP contribution is -2.11. The van der Waals surface area contributed by atoms with Crippen LogP contribution in [-0.4, -0.2) is 27.6 Å². The predicted octanol–water partition coefficient (Wildman–Crippen LogP) is 3.90. The van der Waals surface area contributed by atoms with Crippen molar-refractivity contribution in [2.75, 3.05) is 12.8 Å². The number of ether oxygens (including phenoxy) is 1. The Morgan fingerprint density at radius 3 is 2.83 bits per heavy atom. The second kappa shape index (κ2) is 7.58. The van der Waals surface area contributed by atoms with E-state index in [-0.39, 0.29) is 16.9 Å². The fourth-order valence-electron chi connectivity index (χ4n) is 2.95. The van der Waals surface area contributed by atoms with Gasteiger partial charge in [-0.2, -0.15) is 5.26 Å². The predicted molar refractivity (Wildman–Crippen MR) is 111 cm³/mol. The van der Waals surface area contributed by atoms with Crippen molar-refractivity contribution in [3.05, 3.63) is 71.5 Å². The van der Waals surface area contributed by atoms with E-state index in [0.717, 1.165) is 22.0 Å². The molecule has 0 saturated carbocycles. The molecule has 0 spiro atoms. The quantitative estimate of drug-likeness (QED) is 0.520. The molecule has 0 amide bonds. The van der Waals surface area contributed by atoms with E-state index in [2.05, 4.69) is 9.97 Å². The molecule has 0 aliphatic carbocycles. The van der Waals surface area contributed by atoms with Gasteiger partial charge in [0.25, 0.3) is 0 Å². The van der Waals surface area contributed by atoms with Crippen LogP contribution in [0.5, 0.6) is 0 Å². The van der Waals surface area contributed by atoms with Gasteiger partial charge in [0, 0.05) is 29.0 Å². The molecular formula is C21H15N5O2S. The number of nitrogen functional groups attached to an aromatic ring is 1. The SMILES string of the molecule is COC(=O)c1c(N)c(C#N)cn1-c1cccc(-c2nc(-c3ccccn3)cs2)c1. The third-order valence-corrected chi connectivity index (χ3v) is 5.24. The molecule has 0 aliphatic heterocycles. The monoisotopic (exact) mass is 401 g/mol. The zero-order valence-corrected chi connectivity index (χ0v) is 16.2. The van der Waals surface area contributed by atoms with Crippen LogP contribution in [0.1, 0.15) is 16.1 Å². The number of anilines is 1. The summed E-state index contributed by atoms with van der Waals surface area (Å²) in [5.41, 5.74) is 9.55. The Balaban J connectivity index is 1.77. The van der Waals surface area contributed by atoms with E-state index in [0.29, 0.717) is 5.69 Å². The Hall–Kier alpha value is -3.96. The highest BCUT2D eigenvalue weighted by molar-refractivity contribution is 7.13. The molecule has 8 heteroatoms. The number of carbonyl (C=O) groups is 1. The van der Waals surface area contributed by atoms with Gasteiger partial charge < -0.3 is 15.0 Å². The largest absolute Gasteiger partial charge is 0.464 e. The maximum atomic E-state index is 12.2. The number of rotatable bonds is 4. The van der Waals surface area contributed by atoms with Gasteiger partial charge in [0.1, 0.15) is 16.8 Å². The van der Waals surface area contributed by atoms with Crippen LogP contribution >= 0.6 is 11.3 Å². The Morgan fingerprint density at radius 1 is 1.24 bits per heavy atom. The maximum Gasteiger partial charge on any atom is 0.357 e. The van der Waals surface area contributed by atoms with Crippen molar-refractivity contribution in [1.29, 1.82) is 5.26 Å². The summed E-state index contributed by atoms with van der Waals surface area (Å²) in [5, 5.41) is 12.1. The van der Waals surface area contributed by atoms with Gasteiger partial charge >= 0.3 is 5.97 Å². The average molecular weight is 401 g/mol. The first-order valence-corrected chi connectivity index (χ1v) is 9.47. The van der Waals surface area contributed by atoms with Gasteiger partial charge in [-0.1, -0.05) is 18.2 Å². The van der Waals surface area contributed by atoms with Crippen molar-refractivity contribution in [3.63, 3.8) is 0 Å². The number of methoxy groups -OCH3 is 1. The average Bonchev–Trinajstić information content (AvgIpc) is 3.39. The molecule has 7 nitrogen and oxygen atoms in total. The fourth-order valence-corrected chi connectivity index (χ4v) is 3.76. The van der Waals surface area contributed by atoms with Crippen LogP contribution < -0.4 is 5.73 Å². The molecule has 0 aliphatic rings. The molecule has 3 aromatic heterocycles. The number of nitrogens with two attached hydrogens (primary N) is 1. The van der Waals surface area contributed by atoms with E-state index in [1.54, 1.807) is 10.8 Å². The van der Waals surface area contributed by atoms with Gasteiger partial charge in [-0.3, -0.25) is 4.98 Å². The highest BCUT2D eigenvalue weighted by Gasteiger charge is 2.22. The summed E-state index contributed by atoms with van der Waals surface area (Å²) >= 11 is 1.50. The molecule has 2 N–H and O–H groups in total. The highest BCUT2D eigenvalue weighted by atomic mass is 32.1. The van der Waals surface area contributed by atoms with Crippen molar-refractivity contribution in [2.45, 2.75) is 0 Å². The summed E-state index contributed by atoms with van der Waals surface area (Å²) in [6.45, 7) is 0. The summed E-state index contributed by atoms with van der Waals surface area (Å²) in [5.74, 6) is -0.610. The summed E-state index contributed by atoms with van der Waals surface area (Å²) in [7, 11) is 1.27. The fraction of sp³-hybridized carbons (Fsp3) is 0.0476. The van der Waals surface area contributed by atoms with Crippen molar-refractivity contribution in [1.82, 2.24) is 14.5 Å². The molecule has 0 unspecified atom stereocenters. The van der Waals surface area contributed by atoms with Gasteiger partial charge in [0.2, 0.25) is 0 Å². The molecule has 0 atom stereocenters. The van der Waals surface area contributed by atoms with Crippen LogP contribution in [0.25, 0.3) is 27.6 Å². The van der Waals surface area contributed by atoms with Crippen molar-refractivity contribution < 1.29 is 9.53 Å². The van der Waals surface area contributed by atoms with E-state index in [1.165, 1.54) is 24.6 Å². The van der Waals surface area contributed by atoms with Crippen LogP contribution in [0.2, 0.25) is 0 Å². The Kier molecular flexibility index (Phi) is 4.81. The normalized spacial score (nSPS) is 10.5. The summed E-state index contributed by atoms with van der Waals surface area (Å²) in [4.78, 5) is 21.2. The molecule has 3 heterocycles. The zero-order valence-electron chi connectivity index (χ0n) is 15.4. The van der Waals surface area contributed by atoms with Gasteiger partial charge in [-0.25, -0.2) is 9.78 Å². The number of nitriles is 1. The van der Waals surface area contributed by atoms with Gasteiger partial charge in [0.05, 0.1) is 24.1 Å². The first kappa shape index (κ1) is 18.4. The van der Waals surface area contributed by atoms with Crippen LogP contribution in [0.4, 0.5) is 5.69 Å². The number of esters is 1. The topological polar surface area (TPSA) is 107 Å². The third kappa shape index (κ3) is 3.35. The van der Waals surface area contributed by atoms with Crippen molar-refractivity contribution in [3.8, 4) is 33.7 Å². The minimum Gasteiger partial charge on any atom is -0.464 e. The molecule has 29 heavy (non-hydrogen) atoms. The van der Waals surface area contributed by atoms with Crippen molar-refractivity contribution in [2.24, 2.45) is 0 Å². The first-order chi connectivity index (χ1) is 14.1. The number of benzene rings is 1. The van der Waals surface area contributed by atoms with Crippen LogP contribution in [0.15, 0.2) is 60.2 Å². The number of aromatic nitrogens is 3. The Labute approximate surface area is 170 Å². The van der Waals surface area contributed by atoms with Crippen LogP contribution in [0, 0.1) is 11.3 Å². The van der Waals surface area contributed by atoms with Gasteiger partial charge in [-0.15, -0.1) is 11.3 Å². The minimum absolute atomic E-state index is 0.0939. The maximum absolute atomic E-state index is 12.2. The third-order valence-electron chi connectivity index (χ3n) is 4.35. The van der Waals surface area contributed by atoms with E-state index in [1.807, 2.05) is 53.9 Å². The summed E-state index contributed by atoms with van der Waals surface area (Å²) < 4.78 is 6.40. The number of pyridine rings is 1. The molecule has 4 rings (SSSR count). The molecule has 142 valence electrons. The number of hydrogen-bond acceptors (Lipinski definition) is 7. The molecule has 0 bridgehead atoms. The first-order valence-electron chi connectivity index (χ1n) is 8.59. The Morgan fingerprint density at radius 2 is 2.10 bits per heavy atom. The van der Waals surface area contributed by atoms with E-state index in [4.69, 9.17) is 10.5 Å². The van der Waals surface area contributed by atoms with E-state index in [9.17, 15) is 10.1 Å². The van der Waals surface area contributed by atoms with Crippen molar-refractivity contribution >= 4 is 23.0 Å². The second-order valence-electron chi connectivity index (χ2n) is 6.08. The highest BCUT2D eigenvalue weighted by Crippen LogP contribution is 2.31. The smallest absolute Gasteiger partial charge is 0.357 e. The number of hydrogen-bond donors (Lipinski definition) is 1. The number of thiazole rings is 1. The number of nitrogens with zero attached hydrogens (tertiary/aromatic N) is 4. The Bertz CT molecular complexity index is 1240. The molecule has 4 aromatic rings. The lowest BCUT2D eigenvalue weighted by Gasteiger charge is -2.09. The van der Waals surface area contributed by atoms with E-state index < -0.39 is 5.97 Å².